The molecule has 0 spiro atoms. The summed E-state index contributed by atoms with van der Waals surface area (Å²) in [5, 5.41) is 15.0. The average Bonchev–Trinajstić information content (AvgIpc) is 3.11. The zero-order chi connectivity index (χ0) is 14.8. The highest BCUT2D eigenvalue weighted by Crippen LogP contribution is 2.19. The van der Waals surface area contributed by atoms with E-state index in [0.29, 0.717) is 5.69 Å². The largest absolute Gasteiger partial charge is 0.342 e. The van der Waals surface area contributed by atoms with Crippen LogP contribution in [0.1, 0.15) is 35.6 Å². The van der Waals surface area contributed by atoms with Gasteiger partial charge in [0, 0.05) is 18.6 Å². The van der Waals surface area contributed by atoms with Gasteiger partial charge in [-0.3, -0.25) is 14.6 Å². The van der Waals surface area contributed by atoms with Crippen LogP contribution in [-0.4, -0.2) is 25.9 Å². The number of hydrogen-bond acceptors (Lipinski definition) is 3. The average molecular weight is 283 g/mol. The minimum Gasteiger partial charge on any atom is -0.342 e. The molecule has 0 aliphatic heterocycles. The van der Waals surface area contributed by atoms with Gasteiger partial charge in [-0.2, -0.15) is 10.2 Å². The first-order chi connectivity index (χ1) is 10.2. The van der Waals surface area contributed by atoms with E-state index < -0.39 is 0 Å². The number of carbonyl (C=O) groups is 1. The van der Waals surface area contributed by atoms with Crippen molar-refractivity contribution in [3.05, 3.63) is 47.9 Å². The lowest BCUT2D eigenvalue weighted by atomic mass is 10.1. The Morgan fingerprint density at radius 2 is 2.19 bits per heavy atom. The number of aromatic nitrogens is 4. The Balaban J connectivity index is 1.87. The summed E-state index contributed by atoms with van der Waals surface area (Å²) < 4.78 is 1.77. The lowest BCUT2D eigenvalue weighted by molar-refractivity contribution is 0.0930. The van der Waals surface area contributed by atoms with Gasteiger partial charge in [0.15, 0.2) is 5.69 Å². The van der Waals surface area contributed by atoms with E-state index in [1.807, 2.05) is 44.3 Å². The van der Waals surface area contributed by atoms with Crippen LogP contribution >= 0.6 is 0 Å². The van der Waals surface area contributed by atoms with E-state index in [9.17, 15) is 4.79 Å². The minimum atomic E-state index is -0.180. The molecule has 108 valence electrons. The van der Waals surface area contributed by atoms with E-state index in [2.05, 4.69) is 20.6 Å². The van der Waals surface area contributed by atoms with Crippen LogP contribution in [0.5, 0.6) is 0 Å². The molecule has 3 rings (SSSR count). The molecule has 0 saturated heterocycles. The lowest BCUT2D eigenvalue weighted by Crippen LogP contribution is -2.29. The summed E-state index contributed by atoms with van der Waals surface area (Å²) in [6, 6.07) is 9.42. The maximum Gasteiger partial charge on any atom is 0.272 e. The molecule has 2 heterocycles. The number of amides is 1. The summed E-state index contributed by atoms with van der Waals surface area (Å²) in [6.07, 6.45) is 2.52. The Morgan fingerprint density at radius 1 is 1.38 bits per heavy atom. The summed E-state index contributed by atoms with van der Waals surface area (Å²) in [6.45, 7) is 2.03. The normalized spacial score (nSPS) is 12.5. The van der Waals surface area contributed by atoms with Crippen molar-refractivity contribution in [2.45, 2.75) is 19.4 Å². The number of hydrogen-bond donors (Lipinski definition) is 2. The van der Waals surface area contributed by atoms with E-state index in [0.717, 1.165) is 23.0 Å². The van der Waals surface area contributed by atoms with Gasteiger partial charge < -0.3 is 5.32 Å². The van der Waals surface area contributed by atoms with Crippen molar-refractivity contribution in [2.75, 3.05) is 0 Å². The van der Waals surface area contributed by atoms with E-state index >= 15 is 0 Å². The first kappa shape index (κ1) is 13.4. The quantitative estimate of drug-likeness (QED) is 0.770. The summed E-state index contributed by atoms with van der Waals surface area (Å²) in [5.41, 5.74) is 2.26. The summed E-state index contributed by atoms with van der Waals surface area (Å²) in [5.74, 6) is -0.180. The topological polar surface area (TPSA) is 75.6 Å². The predicted molar refractivity (Wildman–Crippen MR) is 79.8 cm³/mol. The number of H-pyrrole nitrogens is 1. The molecule has 1 atom stereocenters. The molecular weight excluding hydrogens is 266 g/mol. The number of nitrogens with one attached hydrogen (secondary N) is 2. The highest BCUT2D eigenvalue weighted by molar-refractivity contribution is 6.04. The molecule has 2 aromatic heterocycles. The Kier molecular flexibility index (Phi) is 3.43. The molecular formula is C15H17N5O. The molecule has 0 aliphatic rings. The molecule has 6 nitrogen and oxygen atoms in total. The molecule has 0 radical (unpaired) electrons. The van der Waals surface area contributed by atoms with Gasteiger partial charge in [-0.05, 0) is 18.6 Å². The predicted octanol–water partition coefficient (Wildman–Crippen LogP) is 2.18. The second-order valence-corrected chi connectivity index (χ2v) is 4.93. The highest BCUT2D eigenvalue weighted by atomic mass is 16.2. The van der Waals surface area contributed by atoms with Crippen LogP contribution in [0.25, 0.3) is 10.9 Å². The maximum absolute atomic E-state index is 12.5. The number of fused-ring (bicyclic) bond motifs is 1. The second-order valence-electron chi connectivity index (χ2n) is 4.93. The smallest absolute Gasteiger partial charge is 0.272 e. The van der Waals surface area contributed by atoms with Crippen LogP contribution in [-0.2, 0) is 7.05 Å². The number of benzene rings is 1. The van der Waals surface area contributed by atoms with Gasteiger partial charge in [0.1, 0.15) is 0 Å². The Hall–Kier alpha value is -2.63. The fourth-order valence-corrected chi connectivity index (χ4v) is 2.47. The van der Waals surface area contributed by atoms with Crippen LogP contribution in [0.2, 0.25) is 0 Å². The van der Waals surface area contributed by atoms with Crippen molar-refractivity contribution >= 4 is 16.8 Å². The highest BCUT2D eigenvalue weighted by Gasteiger charge is 2.20. The Morgan fingerprint density at radius 3 is 2.90 bits per heavy atom. The number of rotatable bonds is 4. The zero-order valence-corrected chi connectivity index (χ0v) is 12.0. The van der Waals surface area contributed by atoms with Gasteiger partial charge in [-0.15, -0.1) is 0 Å². The van der Waals surface area contributed by atoms with Gasteiger partial charge in [-0.25, -0.2) is 0 Å². The summed E-state index contributed by atoms with van der Waals surface area (Å²) in [4.78, 5) is 12.5. The zero-order valence-electron chi connectivity index (χ0n) is 12.0. The van der Waals surface area contributed by atoms with Crippen LogP contribution in [0.3, 0.4) is 0 Å². The molecule has 0 bridgehead atoms. The van der Waals surface area contributed by atoms with Crippen molar-refractivity contribution in [1.82, 2.24) is 25.3 Å². The van der Waals surface area contributed by atoms with Gasteiger partial charge in [0.05, 0.1) is 17.3 Å². The van der Waals surface area contributed by atoms with Gasteiger partial charge in [0.2, 0.25) is 0 Å². The van der Waals surface area contributed by atoms with Crippen LogP contribution < -0.4 is 5.32 Å². The molecule has 0 saturated carbocycles. The van der Waals surface area contributed by atoms with Crippen LogP contribution in [0, 0.1) is 0 Å². The van der Waals surface area contributed by atoms with E-state index in [1.54, 1.807) is 10.9 Å². The Labute approximate surface area is 122 Å². The first-order valence-electron chi connectivity index (χ1n) is 6.92. The molecule has 0 unspecified atom stereocenters. The van der Waals surface area contributed by atoms with Crippen LogP contribution in [0.4, 0.5) is 0 Å². The number of aryl methyl sites for hydroxylation is 1. The van der Waals surface area contributed by atoms with Crippen molar-refractivity contribution in [3.8, 4) is 0 Å². The molecule has 1 amide bonds. The van der Waals surface area contributed by atoms with Gasteiger partial charge in [0.25, 0.3) is 5.91 Å². The molecule has 3 aromatic rings. The van der Waals surface area contributed by atoms with Crippen molar-refractivity contribution < 1.29 is 4.79 Å². The third kappa shape index (κ3) is 2.40. The van der Waals surface area contributed by atoms with E-state index in [1.165, 1.54) is 0 Å². The monoisotopic (exact) mass is 283 g/mol. The number of carbonyl (C=O) groups excluding carboxylic acids is 1. The molecule has 0 fully saturated rings. The number of aromatic amines is 1. The number of para-hydroxylation sites is 1. The molecule has 6 heteroatoms. The Bertz CT molecular complexity index is 773. The SMILES string of the molecule is CC[C@@H](NC(=O)c1n[nH]c2ccccc12)c1ccnn1C. The lowest BCUT2D eigenvalue weighted by Gasteiger charge is -2.16. The first-order valence-corrected chi connectivity index (χ1v) is 6.92. The molecule has 2 N–H and O–H groups in total. The van der Waals surface area contributed by atoms with Crippen LogP contribution in [0.15, 0.2) is 36.5 Å². The summed E-state index contributed by atoms with van der Waals surface area (Å²) >= 11 is 0. The standard InChI is InChI=1S/C15H17N5O/c1-3-11(13-8-9-16-20(13)2)17-15(21)14-10-6-4-5-7-12(10)18-19-14/h4-9,11H,3H2,1-2H3,(H,17,21)(H,18,19)/t11-/m1/s1. The third-order valence-corrected chi connectivity index (χ3v) is 3.61. The molecule has 0 aliphatic carbocycles. The second kappa shape index (κ2) is 5.40. The molecule has 21 heavy (non-hydrogen) atoms. The van der Waals surface area contributed by atoms with Crippen molar-refractivity contribution in [1.29, 1.82) is 0 Å². The van der Waals surface area contributed by atoms with Gasteiger partial charge >= 0.3 is 0 Å². The third-order valence-electron chi connectivity index (χ3n) is 3.61. The van der Waals surface area contributed by atoms with E-state index in [-0.39, 0.29) is 11.9 Å². The summed E-state index contributed by atoms with van der Waals surface area (Å²) in [7, 11) is 1.87. The maximum atomic E-state index is 12.5. The fourth-order valence-electron chi connectivity index (χ4n) is 2.47. The fraction of sp³-hybridized carbons (Fsp3) is 0.267. The van der Waals surface area contributed by atoms with Crippen molar-refractivity contribution in [2.24, 2.45) is 7.05 Å². The van der Waals surface area contributed by atoms with Crippen molar-refractivity contribution in [3.63, 3.8) is 0 Å². The van der Waals surface area contributed by atoms with Gasteiger partial charge in [-0.1, -0.05) is 25.1 Å². The number of nitrogens with zero attached hydrogens (tertiary/aromatic N) is 3. The minimum absolute atomic E-state index is 0.0829. The van der Waals surface area contributed by atoms with E-state index in [4.69, 9.17) is 0 Å². The molecule has 1 aromatic carbocycles.